The van der Waals surface area contributed by atoms with Crippen LogP contribution in [0.1, 0.15) is 35.1 Å². The van der Waals surface area contributed by atoms with Crippen molar-refractivity contribution in [3.63, 3.8) is 0 Å². The number of hydrogen-bond acceptors (Lipinski definition) is 2. The Bertz CT molecular complexity index is 718. The van der Waals surface area contributed by atoms with Crippen molar-refractivity contribution < 1.29 is 0 Å². The quantitative estimate of drug-likeness (QED) is 0.780. The van der Waals surface area contributed by atoms with Gasteiger partial charge in [-0.05, 0) is 80.3 Å². The van der Waals surface area contributed by atoms with Crippen molar-refractivity contribution in [1.29, 1.82) is 0 Å². The summed E-state index contributed by atoms with van der Waals surface area (Å²) in [5.41, 5.74) is 6.13. The summed E-state index contributed by atoms with van der Waals surface area (Å²) in [6, 6.07) is 15.2. The first kappa shape index (κ1) is 17.9. The maximum absolute atomic E-state index is 5.43. The molecule has 0 unspecified atom stereocenters. The van der Waals surface area contributed by atoms with Crippen LogP contribution in [0.25, 0.3) is 0 Å². The van der Waals surface area contributed by atoms with Crippen LogP contribution in [0.5, 0.6) is 0 Å². The Morgan fingerprint density at radius 2 is 1.68 bits per heavy atom. The molecule has 3 rings (SSSR count). The minimum Gasteiger partial charge on any atom is -0.358 e. The van der Waals surface area contributed by atoms with Gasteiger partial charge in [0.1, 0.15) is 0 Å². The van der Waals surface area contributed by atoms with Crippen LogP contribution in [0.2, 0.25) is 0 Å². The van der Waals surface area contributed by atoms with Gasteiger partial charge in [0.25, 0.3) is 0 Å². The van der Waals surface area contributed by atoms with E-state index in [2.05, 4.69) is 71.8 Å². The topological polar surface area (TPSA) is 27.3 Å². The highest BCUT2D eigenvalue weighted by Gasteiger charge is 2.11. The van der Waals surface area contributed by atoms with Crippen LogP contribution >= 0.6 is 12.2 Å². The molecule has 0 atom stereocenters. The van der Waals surface area contributed by atoms with Crippen molar-refractivity contribution in [1.82, 2.24) is 10.2 Å². The lowest BCUT2D eigenvalue weighted by Gasteiger charge is -2.15. The van der Waals surface area contributed by atoms with Crippen molar-refractivity contribution in [2.75, 3.05) is 18.4 Å². The third-order valence-corrected chi connectivity index (χ3v) is 4.97. The molecule has 25 heavy (non-hydrogen) atoms. The minimum absolute atomic E-state index is 0.662. The minimum atomic E-state index is 0.662. The zero-order valence-corrected chi connectivity index (χ0v) is 16.0. The molecule has 1 heterocycles. The molecule has 132 valence electrons. The first-order valence-electron chi connectivity index (χ1n) is 9.02. The Kier molecular flexibility index (Phi) is 6.05. The molecule has 1 aliphatic rings. The zero-order chi connectivity index (χ0) is 17.6. The fourth-order valence-corrected chi connectivity index (χ4v) is 3.36. The highest BCUT2D eigenvalue weighted by atomic mass is 32.1. The number of rotatable bonds is 5. The molecule has 0 aromatic heterocycles. The molecule has 4 heteroatoms. The van der Waals surface area contributed by atoms with Crippen LogP contribution in [0, 0.1) is 13.8 Å². The molecule has 1 fully saturated rings. The van der Waals surface area contributed by atoms with Crippen molar-refractivity contribution >= 4 is 23.0 Å². The summed E-state index contributed by atoms with van der Waals surface area (Å²) in [4.78, 5) is 2.52. The number of nitrogens with one attached hydrogen (secondary N) is 2. The molecule has 2 N–H and O–H groups in total. The Balaban J connectivity index is 1.49. The molecular weight excluding hydrogens is 326 g/mol. The van der Waals surface area contributed by atoms with Crippen LogP contribution in [0.4, 0.5) is 5.69 Å². The van der Waals surface area contributed by atoms with Gasteiger partial charge in [0, 0.05) is 18.8 Å². The second-order valence-electron chi connectivity index (χ2n) is 6.93. The van der Waals surface area contributed by atoms with Crippen molar-refractivity contribution in [2.45, 2.75) is 39.8 Å². The molecule has 1 saturated heterocycles. The van der Waals surface area contributed by atoms with E-state index in [1.54, 1.807) is 0 Å². The lowest BCUT2D eigenvalue weighted by Crippen LogP contribution is -2.28. The van der Waals surface area contributed by atoms with Crippen LogP contribution in [0.3, 0.4) is 0 Å². The van der Waals surface area contributed by atoms with Gasteiger partial charge < -0.3 is 10.6 Å². The van der Waals surface area contributed by atoms with Crippen LogP contribution in [0.15, 0.2) is 42.5 Å². The van der Waals surface area contributed by atoms with E-state index < -0.39 is 0 Å². The van der Waals surface area contributed by atoms with Gasteiger partial charge >= 0.3 is 0 Å². The van der Waals surface area contributed by atoms with E-state index in [0.717, 1.165) is 18.8 Å². The van der Waals surface area contributed by atoms with E-state index in [1.807, 2.05) is 0 Å². The van der Waals surface area contributed by atoms with Crippen molar-refractivity contribution in [2.24, 2.45) is 0 Å². The van der Waals surface area contributed by atoms with E-state index >= 15 is 0 Å². The van der Waals surface area contributed by atoms with Gasteiger partial charge in [-0.2, -0.15) is 0 Å². The fraction of sp³-hybridized carbons (Fsp3) is 0.381. The smallest absolute Gasteiger partial charge is 0.171 e. The number of anilines is 1. The van der Waals surface area contributed by atoms with Gasteiger partial charge in [-0.15, -0.1) is 0 Å². The predicted molar refractivity (Wildman–Crippen MR) is 110 cm³/mol. The third kappa shape index (κ3) is 5.28. The lowest BCUT2D eigenvalue weighted by molar-refractivity contribution is 0.331. The number of thiocarbonyl (C=S) groups is 1. The molecule has 0 aliphatic carbocycles. The lowest BCUT2D eigenvalue weighted by atomic mass is 10.1. The average molecular weight is 354 g/mol. The van der Waals surface area contributed by atoms with Gasteiger partial charge in [-0.1, -0.05) is 36.4 Å². The Morgan fingerprint density at radius 3 is 2.40 bits per heavy atom. The molecule has 0 radical (unpaired) electrons. The molecule has 0 saturated carbocycles. The summed E-state index contributed by atoms with van der Waals surface area (Å²) in [7, 11) is 0. The molecule has 0 amide bonds. The number of aryl methyl sites for hydroxylation is 2. The number of benzene rings is 2. The number of nitrogens with zero attached hydrogens (tertiary/aromatic N) is 1. The number of likely N-dealkylation sites (tertiary alicyclic amines) is 1. The zero-order valence-electron chi connectivity index (χ0n) is 15.1. The maximum atomic E-state index is 5.43. The van der Waals surface area contributed by atoms with Gasteiger partial charge in [0.2, 0.25) is 0 Å². The third-order valence-electron chi connectivity index (χ3n) is 4.72. The van der Waals surface area contributed by atoms with Gasteiger partial charge in [-0.25, -0.2) is 0 Å². The Labute approximate surface area is 156 Å². The maximum Gasteiger partial charge on any atom is 0.171 e. The second-order valence-corrected chi connectivity index (χ2v) is 7.33. The normalized spacial score (nSPS) is 14.5. The largest absolute Gasteiger partial charge is 0.358 e. The van der Waals surface area contributed by atoms with E-state index in [4.69, 9.17) is 12.2 Å². The molecule has 2 aromatic carbocycles. The Morgan fingerprint density at radius 1 is 1.00 bits per heavy atom. The summed E-state index contributed by atoms with van der Waals surface area (Å²) < 4.78 is 0. The van der Waals surface area contributed by atoms with E-state index in [-0.39, 0.29) is 0 Å². The van der Waals surface area contributed by atoms with Gasteiger partial charge in [0.05, 0.1) is 0 Å². The summed E-state index contributed by atoms with van der Waals surface area (Å²) in [5.74, 6) is 0. The van der Waals surface area contributed by atoms with E-state index in [9.17, 15) is 0 Å². The first-order chi connectivity index (χ1) is 12.1. The standard InChI is InChI=1S/C21H27N3S/c1-16-5-6-17(2)20(13-16)23-21(25)22-14-18-7-9-19(10-8-18)15-24-11-3-4-12-24/h5-10,13H,3-4,11-12,14-15H2,1-2H3,(H2,22,23,25). The van der Waals surface area contributed by atoms with E-state index in [0.29, 0.717) is 5.11 Å². The highest BCUT2D eigenvalue weighted by Crippen LogP contribution is 2.16. The predicted octanol–water partition coefficient (Wildman–Crippen LogP) is 4.39. The fourth-order valence-electron chi connectivity index (χ4n) is 3.18. The first-order valence-corrected chi connectivity index (χ1v) is 9.43. The van der Waals surface area contributed by atoms with Crippen LogP contribution < -0.4 is 10.6 Å². The highest BCUT2D eigenvalue weighted by molar-refractivity contribution is 7.80. The summed E-state index contributed by atoms with van der Waals surface area (Å²) in [5, 5.41) is 7.25. The second kappa shape index (κ2) is 8.45. The molecular formula is C21H27N3S. The van der Waals surface area contributed by atoms with Crippen LogP contribution in [-0.4, -0.2) is 23.1 Å². The summed E-state index contributed by atoms with van der Waals surface area (Å²) >= 11 is 5.43. The molecule has 0 bridgehead atoms. The summed E-state index contributed by atoms with van der Waals surface area (Å²) in [6.45, 7) is 8.46. The number of hydrogen-bond donors (Lipinski definition) is 2. The SMILES string of the molecule is Cc1ccc(C)c(NC(=S)NCc2ccc(CN3CCCC3)cc2)c1. The van der Waals surface area contributed by atoms with Crippen molar-refractivity contribution in [3.8, 4) is 0 Å². The monoisotopic (exact) mass is 353 g/mol. The summed E-state index contributed by atoms with van der Waals surface area (Å²) in [6.07, 6.45) is 2.68. The van der Waals surface area contributed by atoms with Crippen molar-refractivity contribution in [3.05, 3.63) is 64.7 Å². The Hall–Kier alpha value is -1.91. The molecule has 3 nitrogen and oxygen atoms in total. The molecule has 2 aromatic rings. The van der Waals surface area contributed by atoms with Gasteiger partial charge in [-0.3, -0.25) is 4.90 Å². The molecule has 1 aliphatic heterocycles. The average Bonchev–Trinajstić information content (AvgIpc) is 3.10. The molecule has 0 spiro atoms. The van der Waals surface area contributed by atoms with Crippen LogP contribution in [-0.2, 0) is 13.1 Å². The van der Waals surface area contributed by atoms with Gasteiger partial charge in [0.15, 0.2) is 5.11 Å². The van der Waals surface area contributed by atoms with E-state index in [1.165, 1.54) is 48.2 Å².